The van der Waals surface area contributed by atoms with Crippen LogP contribution in [0.5, 0.6) is 0 Å². The quantitative estimate of drug-likeness (QED) is 0.576. The first-order chi connectivity index (χ1) is 16.9. The van der Waals surface area contributed by atoms with Crippen molar-refractivity contribution in [3.63, 3.8) is 0 Å². The summed E-state index contributed by atoms with van der Waals surface area (Å²) in [7, 11) is 2.16. The largest absolute Gasteiger partial charge is 0.379 e. The molecule has 2 aromatic heterocycles. The van der Waals surface area contributed by atoms with Crippen LogP contribution in [-0.2, 0) is 16.6 Å². The van der Waals surface area contributed by atoms with E-state index < -0.39 is 0 Å². The zero-order valence-electron chi connectivity index (χ0n) is 21.0. The van der Waals surface area contributed by atoms with Crippen molar-refractivity contribution in [3.05, 3.63) is 65.4 Å². The number of likely N-dealkylation sites (tertiary alicyclic amines) is 1. The van der Waals surface area contributed by atoms with Crippen molar-refractivity contribution < 1.29 is 9.53 Å². The van der Waals surface area contributed by atoms with Gasteiger partial charge in [-0.15, -0.1) is 0 Å². The van der Waals surface area contributed by atoms with Gasteiger partial charge in [-0.3, -0.25) is 9.78 Å². The van der Waals surface area contributed by atoms with E-state index in [4.69, 9.17) is 9.72 Å². The van der Waals surface area contributed by atoms with E-state index >= 15 is 0 Å². The minimum Gasteiger partial charge on any atom is -0.379 e. The first-order valence-electron chi connectivity index (χ1n) is 12.7. The number of aryl methyl sites for hydroxylation is 1. The summed E-state index contributed by atoms with van der Waals surface area (Å²) >= 11 is 0. The highest BCUT2D eigenvalue weighted by Crippen LogP contribution is 2.34. The predicted octanol–water partition coefficient (Wildman–Crippen LogP) is 3.65. The molecule has 184 valence electrons. The van der Waals surface area contributed by atoms with Crippen LogP contribution in [-0.4, -0.2) is 77.1 Å². The molecule has 7 nitrogen and oxygen atoms in total. The minimum absolute atomic E-state index is 0.0267. The molecule has 3 aromatic rings. The molecule has 0 bridgehead atoms. The van der Waals surface area contributed by atoms with Gasteiger partial charge in [0.25, 0.3) is 5.91 Å². The molecule has 2 saturated heterocycles. The SMILES string of the molecule is Cc1nc(C(=O)N2CCOC[C@@H](Cc3cccc4cccnc34)C2)cc(C2(C)CCN(C)CC2)n1. The molecule has 1 aromatic carbocycles. The van der Waals surface area contributed by atoms with Gasteiger partial charge in [0.2, 0.25) is 0 Å². The molecule has 0 saturated carbocycles. The maximum atomic E-state index is 13.7. The number of aromatic nitrogens is 3. The monoisotopic (exact) mass is 473 g/mol. The summed E-state index contributed by atoms with van der Waals surface area (Å²) in [4.78, 5) is 31.9. The van der Waals surface area contributed by atoms with E-state index in [0.29, 0.717) is 37.8 Å². The van der Waals surface area contributed by atoms with Gasteiger partial charge in [0, 0.05) is 36.0 Å². The number of nitrogens with zero attached hydrogens (tertiary/aromatic N) is 5. The number of fused-ring (bicyclic) bond motifs is 1. The Balaban J connectivity index is 1.36. The van der Waals surface area contributed by atoms with Crippen molar-refractivity contribution in [3.8, 4) is 0 Å². The van der Waals surface area contributed by atoms with Crippen LogP contribution in [0, 0.1) is 12.8 Å². The first kappa shape index (κ1) is 23.8. The van der Waals surface area contributed by atoms with E-state index in [-0.39, 0.29) is 17.2 Å². The lowest BCUT2D eigenvalue weighted by atomic mass is 9.77. The zero-order chi connectivity index (χ0) is 24.4. The van der Waals surface area contributed by atoms with Crippen LogP contribution in [0.25, 0.3) is 10.9 Å². The minimum atomic E-state index is -0.0279. The van der Waals surface area contributed by atoms with Crippen molar-refractivity contribution in [1.29, 1.82) is 0 Å². The summed E-state index contributed by atoms with van der Waals surface area (Å²) in [5.74, 6) is 0.832. The number of carbonyl (C=O) groups excluding carboxylic acids is 1. The second kappa shape index (κ2) is 9.99. The van der Waals surface area contributed by atoms with E-state index in [1.807, 2.05) is 30.2 Å². The summed E-state index contributed by atoms with van der Waals surface area (Å²) in [6.07, 6.45) is 4.72. The lowest BCUT2D eigenvalue weighted by molar-refractivity contribution is 0.0730. The topological polar surface area (TPSA) is 71.5 Å². The first-order valence-corrected chi connectivity index (χ1v) is 12.7. The van der Waals surface area contributed by atoms with Gasteiger partial charge in [0.15, 0.2) is 0 Å². The molecule has 2 aliphatic heterocycles. The van der Waals surface area contributed by atoms with Crippen LogP contribution in [0.2, 0.25) is 0 Å². The Labute approximate surface area is 207 Å². The normalized spacial score (nSPS) is 21.1. The summed E-state index contributed by atoms with van der Waals surface area (Å²) in [5, 5.41) is 1.14. The van der Waals surface area contributed by atoms with Gasteiger partial charge in [-0.05, 0) is 64.0 Å². The number of piperidine rings is 1. The van der Waals surface area contributed by atoms with Crippen LogP contribution in [0.4, 0.5) is 0 Å². The average molecular weight is 474 g/mol. The summed E-state index contributed by atoms with van der Waals surface area (Å²) in [6, 6.07) is 12.3. The molecule has 0 spiro atoms. The lowest BCUT2D eigenvalue weighted by Gasteiger charge is -2.37. The van der Waals surface area contributed by atoms with Gasteiger partial charge >= 0.3 is 0 Å². The summed E-state index contributed by atoms with van der Waals surface area (Å²) in [6.45, 7) is 8.62. The number of carbonyl (C=O) groups is 1. The van der Waals surface area contributed by atoms with Crippen LogP contribution >= 0.6 is 0 Å². The van der Waals surface area contributed by atoms with E-state index in [2.05, 4.69) is 53.1 Å². The van der Waals surface area contributed by atoms with Crippen molar-refractivity contribution in [2.45, 2.75) is 38.5 Å². The number of hydrogen-bond acceptors (Lipinski definition) is 6. The molecule has 0 aliphatic carbocycles. The number of ether oxygens (including phenoxy) is 1. The number of pyridine rings is 1. The van der Waals surface area contributed by atoms with Gasteiger partial charge < -0.3 is 14.5 Å². The fraction of sp³-hybridized carbons (Fsp3) is 0.500. The van der Waals surface area contributed by atoms with Crippen LogP contribution in [0.1, 0.15) is 47.3 Å². The Morgan fingerprint density at radius 2 is 1.94 bits per heavy atom. The number of benzene rings is 1. The molecule has 7 heteroatoms. The van der Waals surface area contributed by atoms with Crippen molar-refractivity contribution in [2.24, 2.45) is 5.92 Å². The third-order valence-electron chi connectivity index (χ3n) is 7.62. The molecular weight excluding hydrogens is 438 g/mol. The molecule has 1 atom stereocenters. The second-order valence-corrected chi connectivity index (χ2v) is 10.4. The zero-order valence-corrected chi connectivity index (χ0v) is 21.0. The highest BCUT2D eigenvalue weighted by atomic mass is 16.5. The molecule has 4 heterocycles. The molecule has 0 N–H and O–H groups in total. The molecule has 1 amide bonds. The highest BCUT2D eigenvalue weighted by Gasteiger charge is 2.34. The Morgan fingerprint density at radius 3 is 2.77 bits per heavy atom. The lowest BCUT2D eigenvalue weighted by Crippen LogP contribution is -2.40. The van der Waals surface area contributed by atoms with Gasteiger partial charge in [-0.1, -0.05) is 31.2 Å². The van der Waals surface area contributed by atoms with Gasteiger partial charge in [-0.2, -0.15) is 0 Å². The van der Waals surface area contributed by atoms with Crippen LogP contribution < -0.4 is 0 Å². The Hall–Kier alpha value is -2.90. The smallest absolute Gasteiger partial charge is 0.272 e. The molecule has 2 aliphatic rings. The van der Waals surface area contributed by atoms with Gasteiger partial charge in [0.1, 0.15) is 11.5 Å². The van der Waals surface area contributed by atoms with E-state index in [1.54, 1.807) is 0 Å². The third kappa shape index (κ3) is 5.21. The van der Waals surface area contributed by atoms with Gasteiger partial charge in [-0.25, -0.2) is 9.97 Å². The average Bonchev–Trinajstić information content (AvgIpc) is 3.11. The van der Waals surface area contributed by atoms with Crippen molar-refractivity contribution >= 4 is 16.8 Å². The fourth-order valence-corrected chi connectivity index (χ4v) is 5.35. The maximum Gasteiger partial charge on any atom is 0.272 e. The summed E-state index contributed by atoms with van der Waals surface area (Å²) < 4.78 is 5.92. The van der Waals surface area contributed by atoms with E-state index in [9.17, 15) is 4.79 Å². The molecule has 35 heavy (non-hydrogen) atoms. The highest BCUT2D eigenvalue weighted by molar-refractivity contribution is 5.92. The maximum absolute atomic E-state index is 13.7. The number of amides is 1. The molecule has 0 unspecified atom stereocenters. The van der Waals surface area contributed by atoms with Crippen molar-refractivity contribution in [1.82, 2.24) is 24.8 Å². The van der Waals surface area contributed by atoms with E-state index in [1.165, 1.54) is 5.56 Å². The Bertz CT molecular complexity index is 1200. The standard InChI is InChI=1S/C28H35N5O2/c1-20-30-24(17-25(31-20)28(2)9-12-32(3)13-10-28)27(34)33-14-15-35-19-21(18-33)16-23-7-4-6-22-8-5-11-29-26(22)23/h4-8,11,17,21H,9-10,12-16,18-19H2,1-3H3/t21-/m0/s1. The molecule has 5 rings (SSSR count). The number of para-hydroxylation sites is 1. The van der Waals surface area contributed by atoms with Crippen LogP contribution in [0.3, 0.4) is 0 Å². The van der Waals surface area contributed by atoms with E-state index in [0.717, 1.165) is 48.9 Å². The molecule has 0 radical (unpaired) electrons. The van der Waals surface area contributed by atoms with Crippen molar-refractivity contribution in [2.75, 3.05) is 46.4 Å². The fourth-order valence-electron chi connectivity index (χ4n) is 5.35. The molecular formula is C28H35N5O2. The predicted molar refractivity (Wildman–Crippen MR) is 137 cm³/mol. The number of hydrogen-bond donors (Lipinski definition) is 0. The Morgan fingerprint density at radius 1 is 1.14 bits per heavy atom. The molecule has 2 fully saturated rings. The Kier molecular flexibility index (Phi) is 6.80. The number of rotatable bonds is 4. The third-order valence-corrected chi connectivity index (χ3v) is 7.62. The van der Waals surface area contributed by atoms with Crippen LogP contribution in [0.15, 0.2) is 42.6 Å². The summed E-state index contributed by atoms with van der Waals surface area (Å²) in [5.41, 5.74) is 3.69. The van der Waals surface area contributed by atoms with Gasteiger partial charge in [0.05, 0.1) is 24.4 Å². The second-order valence-electron chi connectivity index (χ2n) is 10.4.